The number of benzene rings is 2. The van der Waals surface area contributed by atoms with Crippen molar-refractivity contribution in [3.05, 3.63) is 60.2 Å². The van der Waals surface area contributed by atoms with Gasteiger partial charge in [0.2, 0.25) is 0 Å². The molecule has 3 nitrogen and oxygen atoms in total. The third-order valence-electron chi connectivity index (χ3n) is 4.14. The van der Waals surface area contributed by atoms with Crippen molar-refractivity contribution in [2.24, 2.45) is 0 Å². The Morgan fingerprint density at radius 1 is 0.957 bits per heavy atom. The van der Waals surface area contributed by atoms with Gasteiger partial charge in [0, 0.05) is 17.4 Å². The monoisotopic (exact) mass is 307 g/mol. The molecule has 0 amide bonds. The van der Waals surface area contributed by atoms with Crippen LogP contribution < -0.4 is 5.32 Å². The number of nitrogens with one attached hydrogen (secondary N) is 2. The van der Waals surface area contributed by atoms with Gasteiger partial charge in [-0.1, -0.05) is 48.5 Å². The summed E-state index contributed by atoms with van der Waals surface area (Å²) in [5.41, 5.74) is 5.04. The molecular weight excluding hydrogens is 282 g/mol. The first-order valence-electron chi connectivity index (χ1n) is 8.26. The van der Waals surface area contributed by atoms with Crippen LogP contribution in [-0.4, -0.2) is 37.1 Å². The van der Waals surface area contributed by atoms with Crippen LogP contribution in [0.4, 0.5) is 0 Å². The van der Waals surface area contributed by atoms with E-state index in [1.54, 1.807) is 0 Å². The molecule has 3 heteroatoms. The minimum Gasteiger partial charge on any atom is -0.354 e. The Balaban J connectivity index is 1.82. The third kappa shape index (κ3) is 3.81. The number of nitrogens with zero attached hydrogens (tertiary/aromatic N) is 1. The first-order valence-corrected chi connectivity index (χ1v) is 8.26. The highest BCUT2D eigenvalue weighted by Gasteiger charge is 2.12. The summed E-state index contributed by atoms with van der Waals surface area (Å²) in [6, 6.07) is 19.1. The molecule has 0 aliphatic carbocycles. The van der Waals surface area contributed by atoms with Crippen molar-refractivity contribution < 1.29 is 0 Å². The molecule has 2 N–H and O–H groups in total. The Bertz CT molecular complexity index is 744. The molecule has 3 aromatic rings. The molecule has 0 bridgehead atoms. The maximum Gasteiger partial charge on any atom is 0.0510 e. The number of aromatic nitrogens is 1. The van der Waals surface area contributed by atoms with E-state index < -0.39 is 0 Å². The van der Waals surface area contributed by atoms with Gasteiger partial charge in [-0.2, -0.15) is 0 Å². The molecule has 0 atom stereocenters. The second-order valence-corrected chi connectivity index (χ2v) is 6.22. The SMILES string of the molecule is CN(C)CCCNCc1c(-c2ccccc2)[nH]c2ccccc12. The number of hydrogen-bond acceptors (Lipinski definition) is 2. The van der Waals surface area contributed by atoms with Crippen LogP contribution >= 0.6 is 0 Å². The molecule has 0 spiro atoms. The molecule has 1 aromatic heterocycles. The Morgan fingerprint density at radius 2 is 1.70 bits per heavy atom. The van der Waals surface area contributed by atoms with Crippen LogP contribution in [0.1, 0.15) is 12.0 Å². The fourth-order valence-electron chi connectivity index (χ4n) is 2.97. The van der Waals surface area contributed by atoms with E-state index in [0.29, 0.717) is 0 Å². The lowest BCUT2D eigenvalue weighted by molar-refractivity contribution is 0.394. The molecule has 23 heavy (non-hydrogen) atoms. The quantitative estimate of drug-likeness (QED) is 0.649. The molecular formula is C20H25N3. The fourth-order valence-corrected chi connectivity index (χ4v) is 2.97. The second kappa shape index (κ2) is 7.44. The molecule has 0 fully saturated rings. The summed E-state index contributed by atoms with van der Waals surface area (Å²) in [6.07, 6.45) is 1.16. The van der Waals surface area contributed by atoms with E-state index in [4.69, 9.17) is 0 Å². The number of rotatable bonds is 7. The summed E-state index contributed by atoms with van der Waals surface area (Å²) in [5, 5.41) is 4.91. The van der Waals surface area contributed by atoms with Gasteiger partial charge in [0.05, 0.1) is 5.69 Å². The Morgan fingerprint density at radius 3 is 2.48 bits per heavy atom. The van der Waals surface area contributed by atoms with Gasteiger partial charge in [-0.3, -0.25) is 0 Å². The fraction of sp³-hybridized carbons (Fsp3) is 0.300. The summed E-state index contributed by atoms with van der Waals surface area (Å²) in [7, 11) is 4.24. The van der Waals surface area contributed by atoms with Crippen LogP contribution in [0.15, 0.2) is 54.6 Å². The largest absolute Gasteiger partial charge is 0.354 e. The van der Waals surface area contributed by atoms with Crippen LogP contribution in [0, 0.1) is 0 Å². The highest BCUT2D eigenvalue weighted by molar-refractivity contribution is 5.90. The zero-order chi connectivity index (χ0) is 16.1. The van der Waals surface area contributed by atoms with Crippen molar-refractivity contribution in [3.63, 3.8) is 0 Å². The van der Waals surface area contributed by atoms with Crippen LogP contribution in [-0.2, 0) is 6.54 Å². The minimum atomic E-state index is 0.891. The predicted molar refractivity (Wildman–Crippen MR) is 98.6 cm³/mol. The van der Waals surface area contributed by atoms with Gasteiger partial charge in [-0.25, -0.2) is 0 Å². The summed E-state index contributed by atoms with van der Waals surface area (Å²) >= 11 is 0. The van der Waals surface area contributed by atoms with E-state index >= 15 is 0 Å². The minimum absolute atomic E-state index is 0.891. The van der Waals surface area contributed by atoms with Crippen molar-refractivity contribution in [2.45, 2.75) is 13.0 Å². The number of hydrogen-bond donors (Lipinski definition) is 2. The second-order valence-electron chi connectivity index (χ2n) is 6.22. The molecule has 0 aliphatic heterocycles. The Hall–Kier alpha value is -2.10. The van der Waals surface area contributed by atoms with E-state index in [2.05, 4.69) is 83.9 Å². The maximum absolute atomic E-state index is 3.60. The highest BCUT2D eigenvalue weighted by atomic mass is 15.1. The van der Waals surface area contributed by atoms with E-state index in [1.807, 2.05) is 0 Å². The first kappa shape index (κ1) is 15.8. The van der Waals surface area contributed by atoms with E-state index in [1.165, 1.54) is 27.7 Å². The third-order valence-corrected chi connectivity index (χ3v) is 4.14. The smallest absolute Gasteiger partial charge is 0.0510 e. The predicted octanol–water partition coefficient (Wildman–Crippen LogP) is 3.88. The molecule has 3 rings (SSSR count). The lowest BCUT2D eigenvalue weighted by Gasteiger charge is -2.10. The van der Waals surface area contributed by atoms with Crippen molar-refractivity contribution in [1.29, 1.82) is 0 Å². The molecule has 2 aromatic carbocycles. The summed E-state index contributed by atoms with van der Waals surface area (Å²) in [5.74, 6) is 0. The first-order chi connectivity index (χ1) is 11.3. The van der Waals surface area contributed by atoms with Crippen molar-refractivity contribution in [3.8, 4) is 11.3 Å². The van der Waals surface area contributed by atoms with Gasteiger partial charge in [-0.15, -0.1) is 0 Å². The van der Waals surface area contributed by atoms with Crippen LogP contribution in [0.3, 0.4) is 0 Å². The average molecular weight is 307 g/mol. The lowest BCUT2D eigenvalue weighted by atomic mass is 10.1. The molecule has 1 heterocycles. The summed E-state index contributed by atoms with van der Waals surface area (Å²) in [6.45, 7) is 3.04. The van der Waals surface area contributed by atoms with Crippen molar-refractivity contribution in [2.75, 3.05) is 27.2 Å². The van der Waals surface area contributed by atoms with Gasteiger partial charge in [-0.05, 0) is 50.8 Å². The molecule has 0 aliphatic rings. The van der Waals surface area contributed by atoms with E-state index in [-0.39, 0.29) is 0 Å². The van der Waals surface area contributed by atoms with Crippen molar-refractivity contribution >= 4 is 10.9 Å². The van der Waals surface area contributed by atoms with Gasteiger partial charge in [0.25, 0.3) is 0 Å². The van der Waals surface area contributed by atoms with Gasteiger partial charge in [0.15, 0.2) is 0 Å². The van der Waals surface area contributed by atoms with Gasteiger partial charge >= 0.3 is 0 Å². The standard InChI is InChI=1S/C20H25N3/c1-23(2)14-8-13-21-15-18-17-11-6-7-12-19(17)22-20(18)16-9-4-3-5-10-16/h3-7,9-12,21-22H,8,13-15H2,1-2H3. The number of H-pyrrole nitrogens is 1. The van der Waals surface area contributed by atoms with Crippen molar-refractivity contribution in [1.82, 2.24) is 15.2 Å². The summed E-state index contributed by atoms with van der Waals surface area (Å²) in [4.78, 5) is 5.82. The van der Waals surface area contributed by atoms with E-state index in [9.17, 15) is 0 Å². The summed E-state index contributed by atoms with van der Waals surface area (Å²) < 4.78 is 0. The zero-order valence-electron chi connectivity index (χ0n) is 14.0. The molecule has 0 unspecified atom stereocenters. The maximum atomic E-state index is 3.60. The van der Waals surface area contributed by atoms with Gasteiger partial charge in [0.1, 0.15) is 0 Å². The Kier molecular flexibility index (Phi) is 5.11. The van der Waals surface area contributed by atoms with Crippen LogP contribution in [0.5, 0.6) is 0 Å². The van der Waals surface area contributed by atoms with Crippen LogP contribution in [0.25, 0.3) is 22.2 Å². The number of para-hydroxylation sites is 1. The highest BCUT2D eigenvalue weighted by Crippen LogP contribution is 2.30. The normalized spacial score (nSPS) is 11.4. The average Bonchev–Trinajstić information content (AvgIpc) is 2.94. The molecule has 120 valence electrons. The number of fused-ring (bicyclic) bond motifs is 1. The molecule has 0 saturated heterocycles. The molecule has 0 radical (unpaired) electrons. The molecule has 0 saturated carbocycles. The van der Waals surface area contributed by atoms with Crippen LogP contribution in [0.2, 0.25) is 0 Å². The topological polar surface area (TPSA) is 31.1 Å². The number of aromatic amines is 1. The Labute approximate surface area is 138 Å². The lowest BCUT2D eigenvalue weighted by Crippen LogP contribution is -2.21. The zero-order valence-corrected chi connectivity index (χ0v) is 14.0. The van der Waals surface area contributed by atoms with Gasteiger partial charge < -0.3 is 15.2 Å². The van der Waals surface area contributed by atoms with E-state index in [0.717, 1.165) is 26.1 Å².